The lowest BCUT2D eigenvalue weighted by atomic mass is 10.0. The third-order valence-corrected chi connectivity index (χ3v) is 8.21. The molecule has 2 atom stereocenters. The molecular weight excluding hydrogens is 743 g/mol. The molecule has 10 nitrogen and oxygen atoms in total. The number of benzene rings is 3. The summed E-state index contributed by atoms with van der Waals surface area (Å²) in [5.74, 6) is -5.51. The summed E-state index contributed by atoms with van der Waals surface area (Å²) >= 11 is 13.5. The van der Waals surface area contributed by atoms with Crippen molar-refractivity contribution in [3.8, 4) is 5.75 Å². The minimum absolute atomic E-state index is 0.00246. The number of rotatable bonds is 11. The smallest absolute Gasteiger partial charge is 0.490 e. The summed E-state index contributed by atoms with van der Waals surface area (Å²) in [7, 11) is 0. The monoisotopic (exact) mass is 773 g/mol. The molecule has 0 spiro atoms. The number of H-pyrrole nitrogens is 1. The summed E-state index contributed by atoms with van der Waals surface area (Å²) in [6.07, 6.45) is -9.41. The second-order valence-electron chi connectivity index (χ2n) is 10.5. The molecule has 4 aromatic rings. The average molecular weight is 775 g/mol. The van der Waals surface area contributed by atoms with Gasteiger partial charge >= 0.3 is 29.2 Å². The van der Waals surface area contributed by atoms with E-state index in [4.69, 9.17) is 43.0 Å². The molecule has 274 valence electrons. The van der Waals surface area contributed by atoms with Crippen LogP contribution in [0.3, 0.4) is 0 Å². The predicted molar refractivity (Wildman–Crippen MR) is 176 cm³/mol. The Morgan fingerprint density at radius 3 is 2.02 bits per heavy atom. The van der Waals surface area contributed by atoms with Crippen LogP contribution in [-0.2, 0) is 29.0 Å². The van der Waals surface area contributed by atoms with Crippen LogP contribution in [0.5, 0.6) is 5.75 Å². The Balaban J connectivity index is 0.000000521. The SMILES string of the molecule is CC(Cc1cccc(CNCCc2c(Cl)cccc2Cl)c1)NC[C@H](O)c1ccc(O)c2[nH]c(=O)sc12.O=C(O)C(F)(F)F.O=C(O)C(F)(F)F. The fourth-order valence-electron chi connectivity index (χ4n) is 4.23. The van der Waals surface area contributed by atoms with Gasteiger partial charge < -0.3 is 36.0 Å². The molecule has 0 radical (unpaired) electrons. The highest BCUT2D eigenvalue weighted by atomic mass is 35.5. The topological polar surface area (TPSA) is 172 Å². The number of hydrogen-bond donors (Lipinski definition) is 7. The second kappa shape index (κ2) is 18.9. The molecule has 0 aliphatic rings. The lowest BCUT2D eigenvalue weighted by Crippen LogP contribution is -2.32. The van der Waals surface area contributed by atoms with E-state index in [0.717, 1.165) is 42.8 Å². The highest BCUT2D eigenvalue weighted by Crippen LogP contribution is 2.31. The van der Waals surface area contributed by atoms with E-state index in [0.29, 0.717) is 32.4 Å². The Morgan fingerprint density at radius 1 is 0.920 bits per heavy atom. The molecular formula is C31H31Cl2F6N3O7S. The van der Waals surface area contributed by atoms with Crippen LogP contribution in [0.1, 0.15) is 35.3 Å². The third kappa shape index (κ3) is 13.8. The number of aromatic amines is 1. The zero-order chi connectivity index (χ0) is 37.8. The van der Waals surface area contributed by atoms with Gasteiger partial charge in [0.05, 0.1) is 10.8 Å². The van der Waals surface area contributed by atoms with Crippen LogP contribution in [0, 0.1) is 0 Å². The van der Waals surface area contributed by atoms with Crippen LogP contribution in [0.25, 0.3) is 10.2 Å². The first-order chi connectivity index (χ1) is 23.2. The molecule has 4 rings (SSSR count). The van der Waals surface area contributed by atoms with Gasteiger partial charge in [0, 0.05) is 34.7 Å². The number of phenolic OH excluding ortho intramolecular Hbond substituents is 1. The van der Waals surface area contributed by atoms with Crippen LogP contribution >= 0.6 is 34.5 Å². The van der Waals surface area contributed by atoms with Crippen molar-refractivity contribution < 1.29 is 56.4 Å². The summed E-state index contributed by atoms with van der Waals surface area (Å²) in [6, 6.07) is 17.3. The van der Waals surface area contributed by atoms with Crippen LogP contribution < -0.4 is 15.5 Å². The Hall–Kier alpha value is -3.87. The first-order valence-corrected chi connectivity index (χ1v) is 15.9. The number of carboxylic acids is 2. The number of aromatic hydroxyl groups is 1. The summed E-state index contributed by atoms with van der Waals surface area (Å²) in [5, 5.41) is 43.2. The number of aliphatic hydroxyl groups is 1. The number of aliphatic hydroxyl groups excluding tert-OH is 1. The molecule has 0 fully saturated rings. The van der Waals surface area contributed by atoms with Gasteiger partial charge in [0.2, 0.25) is 0 Å². The van der Waals surface area contributed by atoms with E-state index >= 15 is 0 Å². The Labute approximate surface area is 294 Å². The molecule has 19 heteroatoms. The number of carboxylic acid groups (broad SMARTS) is 2. The molecule has 0 aliphatic carbocycles. The third-order valence-electron chi connectivity index (χ3n) is 6.57. The van der Waals surface area contributed by atoms with Gasteiger partial charge in [-0.3, -0.25) is 4.79 Å². The normalized spacial score (nSPS) is 12.7. The molecule has 0 aliphatic heterocycles. The van der Waals surface area contributed by atoms with Crippen LogP contribution in [0.4, 0.5) is 26.3 Å². The first-order valence-electron chi connectivity index (χ1n) is 14.3. The molecule has 0 saturated heterocycles. The Kier molecular flexibility index (Phi) is 16.0. The lowest BCUT2D eigenvalue weighted by molar-refractivity contribution is -0.193. The standard InChI is InChI=1S/C27H29Cl2N3O3S.2C2HF3O2/c1-16(31-15-24(34)20-8-9-23(33)25-26(20)36-27(35)32-25)12-17-4-2-5-18(13-17)14-30-11-10-19-21(28)6-3-7-22(19)29;2*3-2(4,5)1(6)7/h2-9,13,16,24,30-31,33-34H,10-12,14-15H2,1H3,(H,32,35);2*(H,6,7)/t16?,24-;;/m0../s1. The minimum Gasteiger partial charge on any atom is -0.506 e. The predicted octanol–water partition coefficient (Wildman–Crippen LogP) is 6.46. The number of phenols is 1. The Bertz CT molecular complexity index is 1760. The minimum atomic E-state index is -5.08. The van der Waals surface area contributed by atoms with Crippen molar-refractivity contribution in [3.05, 3.63) is 96.6 Å². The molecule has 1 heterocycles. The van der Waals surface area contributed by atoms with Crippen molar-refractivity contribution in [2.45, 2.75) is 50.8 Å². The zero-order valence-electron chi connectivity index (χ0n) is 25.8. The molecule has 0 bridgehead atoms. The number of nitrogens with one attached hydrogen (secondary N) is 3. The maximum Gasteiger partial charge on any atom is 0.490 e. The largest absolute Gasteiger partial charge is 0.506 e. The number of halogens is 8. The zero-order valence-corrected chi connectivity index (χ0v) is 28.2. The molecule has 1 aromatic heterocycles. The van der Waals surface area contributed by atoms with E-state index in [1.807, 2.05) is 18.2 Å². The summed E-state index contributed by atoms with van der Waals surface area (Å²) < 4.78 is 64.1. The fourth-order valence-corrected chi connectivity index (χ4v) is 5.74. The van der Waals surface area contributed by atoms with Crippen molar-refractivity contribution in [2.24, 2.45) is 0 Å². The Morgan fingerprint density at radius 2 is 1.46 bits per heavy atom. The number of aliphatic carboxylic acids is 2. The fraction of sp³-hybridized carbons (Fsp3) is 0.323. The number of thiazole rings is 1. The van der Waals surface area contributed by atoms with E-state index in [1.54, 1.807) is 6.07 Å². The van der Waals surface area contributed by atoms with E-state index in [1.165, 1.54) is 17.2 Å². The number of aromatic nitrogens is 1. The van der Waals surface area contributed by atoms with Crippen molar-refractivity contribution in [2.75, 3.05) is 13.1 Å². The molecule has 50 heavy (non-hydrogen) atoms. The quantitative estimate of drug-likeness (QED) is 0.0668. The van der Waals surface area contributed by atoms with Gasteiger partial charge in [-0.1, -0.05) is 70.9 Å². The van der Waals surface area contributed by atoms with Gasteiger partial charge in [-0.15, -0.1) is 0 Å². The van der Waals surface area contributed by atoms with Crippen LogP contribution in [0.2, 0.25) is 10.0 Å². The number of alkyl halides is 6. The maximum absolute atomic E-state index is 11.7. The van der Waals surface area contributed by atoms with Gasteiger partial charge in [0.15, 0.2) is 0 Å². The summed E-state index contributed by atoms with van der Waals surface area (Å²) in [5.41, 5.74) is 4.35. The highest BCUT2D eigenvalue weighted by molar-refractivity contribution is 7.16. The average Bonchev–Trinajstić information content (AvgIpc) is 3.41. The second-order valence-corrected chi connectivity index (χ2v) is 12.3. The van der Waals surface area contributed by atoms with E-state index in [9.17, 15) is 41.4 Å². The van der Waals surface area contributed by atoms with Crippen molar-refractivity contribution in [3.63, 3.8) is 0 Å². The van der Waals surface area contributed by atoms with Crippen LogP contribution in [-0.4, -0.2) is 68.8 Å². The highest BCUT2D eigenvalue weighted by Gasteiger charge is 2.38. The van der Waals surface area contributed by atoms with Crippen molar-refractivity contribution in [1.82, 2.24) is 15.6 Å². The molecule has 0 saturated carbocycles. The lowest BCUT2D eigenvalue weighted by Gasteiger charge is -2.18. The summed E-state index contributed by atoms with van der Waals surface area (Å²) in [6.45, 7) is 3.92. The van der Waals surface area contributed by atoms with Gasteiger partial charge in [0.25, 0.3) is 0 Å². The molecule has 7 N–H and O–H groups in total. The van der Waals surface area contributed by atoms with Gasteiger partial charge in [-0.05, 0) is 61.2 Å². The van der Waals surface area contributed by atoms with Gasteiger partial charge in [-0.2, -0.15) is 26.3 Å². The number of fused-ring (bicyclic) bond motifs is 1. The number of carbonyl (C=O) groups is 2. The molecule has 1 unspecified atom stereocenters. The van der Waals surface area contributed by atoms with Crippen molar-refractivity contribution in [1.29, 1.82) is 0 Å². The van der Waals surface area contributed by atoms with E-state index in [2.05, 4.69) is 46.8 Å². The molecule has 0 amide bonds. The van der Waals surface area contributed by atoms with E-state index < -0.39 is 30.4 Å². The maximum atomic E-state index is 11.7. The summed E-state index contributed by atoms with van der Waals surface area (Å²) in [4.78, 5) is 31.9. The van der Waals surface area contributed by atoms with Crippen molar-refractivity contribution >= 4 is 56.7 Å². The first kappa shape index (κ1) is 42.3. The number of hydrogen-bond acceptors (Lipinski definition) is 8. The van der Waals surface area contributed by atoms with E-state index in [-0.39, 0.29) is 16.7 Å². The van der Waals surface area contributed by atoms with Gasteiger partial charge in [0.1, 0.15) is 11.3 Å². The van der Waals surface area contributed by atoms with Crippen LogP contribution in [0.15, 0.2) is 59.4 Å². The van der Waals surface area contributed by atoms with Gasteiger partial charge in [-0.25, -0.2) is 9.59 Å². The molecule has 3 aromatic carbocycles.